The molecule has 0 aliphatic carbocycles. The molecule has 9 heteroatoms. The minimum absolute atomic E-state index is 0.00474. The van der Waals surface area contributed by atoms with Crippen LogP contribution in [0.2, 0.25) is 0 Å². The highest BCUT2D eigenvalue weighted by Crippen LogP contribution is 2.25. The second kappa shape index (κ2) is 8.40. The molecule has 0 radical (unpaired) electrons. The molecule has 1 aromatic heterocycles. The maximum absolute atomic E-state index is 12.8. The first kappa shape index (κ1) is 20.5. The minimum atomic E-state index is -3.50. The summed E-state index contributed by atoms with van der Waals surface area (Å²) >= 11 is 0. The summed E-state index contributed by atoms with van der Waals surface area (Å²) in [5.41, 5.74) is 0.581. The van der Waals surface area contributed by atoms with Crippen molar-refractivity contribution in [2.75, 3.05) is 13.1 Å². The van der Waals surface area contributed by atoms with E-state index >= 15 is 0 Å². The lowest BCUT2D eigenvalue weighted by Gasteiger charge is -2.29. The molecule has 1 amide bonds. The van der Waals surface area contributed by atoms with Gasteiger partial charge in [-0.1, -0.05) is 19.0 Å². The van der Waals surface area contributed by atoms with E-state index in [1.807, 2.05) is 13.8 Å². The zero-order chi connectivity index (χ0) is 20.3. The van der Waals surface area contributed by atoms with E-state index in [4.69, 9.17) is 4.52 Å². The van der Waals surface area contributed by atoms with Crippen molar-refractivity contribution in [3.05, 3.63) is 30.2 Å². The smallest absolute Gasteiger partial charge is 0.316 e. The number of sulfonamides is 1. The Hall–Kier alpha value is -2.26. The van der Waals surface area contributed by atoms with Gasteiger partial charge in [0.25, 0.3) is 0 Å². The predicted molar refractivity (Wildman–Crippen MR) is 104 cm³/mol. The third-order valence-corrected chi connectivity index (χ3v) is 7.02. The maximum Gasteiger partial charge on any atom is 0.316 e. The van der Waals surface area contributed by atoms with Crippen LogP contribution in [-0.2, 0) is 10.0 Å². The molecule has 0 saturated carbocycles. The van der Waals surface area contributed by atoms with Crippen molar-refractivity contribution >= 4 is 15.9 Å². The van der Waals surface area contributed by atoms with Crippen LogP contribution in [0.1, 0.15) is 50.7 Å². The van der Waals surface area contributed by atoms with Crippen molar-refractivity contribution in [1.29, 1.82) is 0 Å². The number of hydrogen-bond acceptors (Lipinski definition) is 6. The van der Waals surface area contributed by atoms with E-state index in [9.17, 15) is 13.2 Å². The van der Waals surface area contributed by atoms with Crippen molar-refractivity contribution in [2.45, 2.75) is 51.0 Å². The fourth-order valence-corrected chi connectivity index (χ4v) is 4.44. The van der Waals surface area contributed by atoms with E-state index in [-0.39, 0.29) is 22.7 Å². The fraction of sp³-hybridized carbons (Fsp3) is 0.526. The quantitative estimate of drug-likeness (QED) is 0.791. The molecule has 0 bridgehead atoms. The number of nitrogens with one attached hydrogen (secondary N) is 1. The van der Waals surface area contributed by atoms with Gasteiger partial charge in [-0.3, -0.25) is 4.79 Å². The largest absolute Gasteiger partial charge is 0.345 e. The summed E-state index contributed by atoms with van der Waals surface area (Å²) < 4.78 is 32.1. The zero-order valence-corrected chi connectivity index (χ0v) is 17.2. The standard InChI is InChI=1S/C19H26N4O4S/c1-4-14(3)20-18(24)19-21-17(22-27-19)15-5-7-16(8-6-15)28(25,26)23-11-9-13(2)10-12-23/h5-8,13-14H,4,9-12H2,1-3H3,(H,20,24). The van der Waals surface area contributed by atoms with Gasteiger partial charge in [-0.25, -0.2) is 8.42 Å². The third-order valence-electron chi connectivity index (χ3n) is 5.10. The number of aromatic nitrogens is 2. The first-order chi connectivity index (χ1) is 13.3. The first-order valence-corrected chi connectivity index (χ1v) is 11.0. The van der Waals surface area contributed by atoms with E-state index in [0.717, 1.165) is 19.3 Å². The van der Waals surface area contributed by atoms with Crippen molar-refractivity contribution in [1.82, 2.24) is 19.8 Å². The summed E-state index contributed by atoms with van der Waals surface area (Å²) in [4.78, 5) is 16.4. The lowest BCUT2D eigenvalue weighted by molar-refractivity contribution is 0.0895. The summed E-state index contributed by atoms with van der Waals surface area (Å²) in [7, 11) is -3.50. The van der Waals surface area contributed by atoms with Crippen molar-refractivity contribution in [2.24, 2.45) is 5.92 Å². The molecular weight excluding hydrogens is 380 g/mol. The highest BCUT2D eigenvalue weighted by atomic mass is 32.2. The number of amides is 1. The van der Waals surface area contributed by atoms with Crippen LogP contribution in [0.15, 0.2) is 33.7 Å². The molecule has 152 valence electrons. The molecule has 0 spiro atoms. The van der Waals surface area contributed by atoms with Gasteiger partial charge in [0, 0.05) is 24.7 Å². The van der Waals surface area contributed by atoms with Crippen LogP contribution in [0.3, 0.4) is 0 Å². The van der Waals surface area contributed by atoms with Gasteiger partial charge >= 0.3 is 11.8 Å². The Kier molecular flexibility index (Phi) is 6.14. The van der Waals surface area contributed by atoms with Gasteiger partial charge in [-0.2, -0.15) is 9.29 Å². The van der Waals surface area contributed by atoms with Gasteiger partial charge in [0.1, 0.15) is 0 Å². The summed E-state index contributed by atoms with van der Waals surface area (Å²) in [6, 6.07) is 6.34. The topological polar surface area (TPSA) is 105 Å². The summed E-state index contributed by atoms with van der Waals surface area (Å²) in [5.74, 6) is 0.255. The molecule has 2 heterocycles. The van der Waals surface area contributed by atoms with Gasteiger partial charge < -0.3 is 9.84 Å². The number of hydrogen-bond donors (Lipinski definition) is 1. The van der Waals surface area contributed by atoms with Crippen molar-refractivity contribution in [3.63, 3.8) is 0 Å². The molecule has 1 saturated heterocycles. The molecular formula is C19H26N4O4S. The number of carbonyl (C=O) groups is 1. The number of carbonyl (C=O) groups excluding carboxylic acids is 1. The molecule has 1 aliphatic rings. The normalized spacial score (nSPS) is 17.4. The van der Waals surface area contributed by atoms with Crippen molar-refractivity contribution in [3.8, 4) is 11.4 Å². The number of nitrogens with zero attached hydrogens (tertiary/aromatic N) is 3. The maximum atomic E-state index is 12.8. The van der Waals surface area contributed by atoms with Crippen LogP contribution >= 0.6 is 0 Å². The van der Waals surface area contributed by atoms with Crippen LogP contribution in [0.4, 0.5) is 0 Å². The molecule has 3 rings (SSSR count). The number of benzene rings is 1. The Morgan fingerprint density at radius 1 is 1.29 bits per heavy atom. The monoisotopic (exact) mass is 406 g/mol. The molecule has 1 fully saturated rings. The predicted octanol–water partition coefficient (Wildman–Crippen LogP) is 2.69. The summed E-state index contributed by atoms with van der Waals surface area (Å²) in [6.45, 7) is 7.08. The highest BCUT2D eigenvalue weighted by Gasteiger charge is 2.28. The molecule has 8 nitrogen and oxygen atoms in total. The first-order valence-electron chi connectivity index (χ1n) is 9.56. The Morgan fingerprint density at radius 3 is 2.54 bits per heavy atom. The average Bonchev–Trinajstić information content (AvgIpc) is 3.18. The SMILES string of the molecule is CCC(C)NC(=O)c1nc(-c2ccc(S(=O)(=O)N3CCC(C)CC3)cc2)no1. The zero-order valence-electron chi connectivity index (χ0n) is 16.4. The van der Waals surface area contributed by atoms with Gasteiger partial charge in [0.15, 0.2) is 0 Å². The number of piperidine rings is 1. The fourth-order valence-electron chi connectivity index (χ4n) is 2.97. The third kappa shape index (κ3) is 4.41. The van der Waals surface area contributed by atoms with Crippen LogP contribution in [0.5, 0.6) is 0 Å². The number of rotatable bonds is 6. The second-order valence-electron chi connectivity index (χ2n) is 7.32. The van der Waals surface area contributed by atoms with Crippen LogP contribution in [0, 0.1) is 5.92 Å². The molecule has 1 aromatic carbocycles. The van der Waals surface area contributed by atoms with E-state index < -0.39 is 15.9 Å². The molecule has 1 aliphatic heterocycles. The molecule has 1 atom stereocenters. The Balaban J connectivity index is 1.73. The lowest BCUT2D eigenvalue weighted by atomic mass is 10.0. The van der Waals surface area contributed by atoms with Gasteiger partial charge in [0.2, 0.25) is 15.8 Å². The molecule has 28 heavy (non-hydrogen) atoms. The molecule has 2 aromatic rings. The van der Waals surface area contributed by atoms with E-state index in [1.165, 1.54) is 16.4 Å². The van der Waals surface area contributed by atoms with Gasteiger partial charge in [0.05, 0.1) is 4.90 Å². The van der Waals surface area contributed by atoms with Gasteiger partial charge in [-0.05, 0) is 56.4 Å². The second-order valence-corrected chi connectivity index (χ2v) is 9.25. The van der Waals surface area contributed by atoms with E-state index in [1.54, 1.807) is 12.1 Å². The van der Waals surface area contributed by atoms with Gasteiger partial charge in [-0.15, -0.1) is 0 Å². The van der Waals surface area contributed by atoms with Crippen LogP contribution in [-0.4, -0.2) is 47.9 Å². The average molecular weight is 407 g/mol. The van der Waals surface area contributed by atoms with Crippen molar-refractivity contribution < 1.29 is 17.7 Å². The van der Waals surface area contributed by atoms with E-state index in [0.29, 0.717) is 24.6 Å². The molecule has 1 unspecified atom stereocenters. The minimum Gasteiger partial charge on any atom is -0.345 e. The Bertz CT molecular complexity index is 916. The highest BCUT2D eigenvalue weighted by molar-refractivity contribution is 7.89. The van der Waals surface area contributed by atoms with Crippen LogP contribution < -0.4 is 5.32 Å². The Morgan fingerprint density at radius 2 is 1.93 bits per heavy atom. The molecule has 1 N–H and O–H groups in total. The summed E-state index contributed by atoms with van der Waals surface area (Å²) in [5, 5.41) is 6.58. The lowest BCUT2D eigenvalue weighted by Crippen LogP contribution is -2.37. The van der Waals surface area contributed by atoms with Crippen LogP contribution in [0.25, 0.3) is 11.4 Å². The van der Waals surface area contributed by atoms with E-state index in [2.05, 4.69) is 22.4 Å². The summed E-state index contributed by atoms with van der Waals surface area (Å²) in [6.07, 6.45) is 2.54. The Labute approximate surface area is 165 Å².